The van der Waals surface area contributed by atoms with Crippen molar-refractivity contribution >= 4 is 22.6 Å². The predicted molar refractivity (Wildman–Crippen MR) is 121 cm³/mol. The maximum Gasteiger partial charge on any atom is 0.340 e. The zero-order chi connectivity index (χ0) is 23.9. The molecule has 0 bridgehead atoms. The summed E-state index contributed by atoms with van der Waals surface area (Å²) in [4.78, 5) is 29.0. The van der Waals surface area contributed by atoms with Gasteiger partial charge in [-0.1, -0.05) is 12.1 Å². The summed E-state index contributed by atoms with van der Waals surface area (Å²) in [5.74, 6) is -3.98. The molecule has 2 N–H and O–H groups in total. The molecule has 1 unspecified atom stereocenters. The van der Waals surface area contributed by atoms with Gasteiger partial charge in [0.15, 0.2) is 22.8 Å². The number of nitrogens with zero attached hydrogens (tertiary/aromatic N) is 1. The van der Waals surface area contributed by atoms with Crippen LogP contribution in [0.1, 0.15) is 40.0 Å². The molecule has 4 rings (SSSR count). The van der Waals surface area contributed by atoms with Gasteiger partial charge in [-0.3, -0.25) is 9.78 Å². The maximum absolute atomic E-state index is 14.2. The second kappa shape index (κ2) is 8.46. The second-order valence-electron chi connectivity index (χ2n) is 7.79. The van der Waals surface area contributed by atoms with Gasteiger partial charge in [0, 0.05) is 17.3 Å². The number of benzene rings is 2. The van der Waals surface area contributed by atoms with E-state index < -0.39 is 29.2 Å². The normalized spacial score (nSPS) is 12.0. The first-order valence-electron chi connectivity index (χ1n) is 10.2. The van der Waals surface area contributed by atoms with E-state index >= 15 is 0 Å². The van der Waals surface area contributed by atoms with Crippen molar-refractivity contribution in [3.63, 3.8) is 0 Å². The van der Waals surface area contributed by atoms with Crippen LogP contribution < -0.4 is 10.7 Å². The third kappa shape index (κ3) is 3.95. The van der Waals surface area contributed by atoms with Gasteiger partial charge in [-0.05, 0) is 56.7 Å². The number of carbonyl (C=O) groups is 1. The standard InChI is InChI=1S/C25H20F2N2O4/c1-12-10-15(14(3)29-18-8-7-17(26)21(27)20(18)25(31)32)24-16(11-12)22(30)13(2)23(33-24)19-6-4-5-9-28-19/h4-11,14,29H,1-3H3,(H,31,32). The fourth-order valence-electron chi connectivity index (χ4n) is 3.82. The van der Waals surface area contributed by atoms with Crippen molar-refractivity contribution in [1.29, 1.82) is 0 Å². The van der Waals surface area contributed by atoms with Crippen molar-refractivity contribution < 1.29 is 23.1 Å². The van der Waals surface area contributed by atoms with Crippen LogP contribution in [0.3, 0.4) is 0 Å². The average Bonchev–Trinajstić information content (AvgIpc) is 2.79. The lowest BCUT2D eigenvalue weighted by atomic mass is 9.99. The van der Waals surface area contributed by atoms with E-state index in [9.17, 15) is 23.5 Å². The largest absolute Gasteiger partial charge is 0.478 e. The van der Waals surface area contributed by atoms with Crippen molar-refractivity contribution in [2.45, 2.75) is 26.8 Å². The lowest BCUT2D eigenvalue weighted by Crippen LogP contribution is -2.15. The van der Waals surface area contributed by atoms with Gasteiger partial charge in [0.2, 0.25) is 0 Å². The molecule has 8 heteroatoms. The molecule has 4 aromatic rings. The van der Waals surface area contributed by atoms with Crippen LogP contribution in [0.15, 0.2) is 57.9 Å². The Hall–Kier alpha value is -4.07. The van der Waals surface area contributed by atoms with Crippen LogP contribution in [-0.2, 0) is 0 Å². The number of aromatic nitrogens is 1. The van der Waals surface area contributed by atoms with Crippen LogP contribution >= 0.6 is 0 Å². The summed E-state index contributed by atoms with van der Waals surface area (Å²) in [5.41, 5.74) is 1.44. The number of fused-ring (bicyclic) bond motifs is 1. The van der Waals surface area contributed by atoms with E-state index in [1.165, 1.54) is 0 Å². The summed E-state index contributed by atoms with van der Waals surface area (Å²) in [7, 11) is 0. The molecule has 168 valence electrons. The van der Waals surface area contributed by atoms with Crippen molar-refractivity contribution in [1.82, 2.24) is 4.98 Å². The zero-order valence-corrected chi connectivity index (χ0v) is 18.1. The second-order valence-corrected chi connectivity index (χ2v) is 7.79. The summed E-state index contributed by atoms with van der Waals surface area (Å²) < 4.78 is 33.9. The predicted octanol–water partition coefficient (Wildman–Crippen LogP) is 5.62. The highest BCUT2D eigenvalue weighted by Gasteiger charge is 2.23. The van der Waals surface area contributed by atoms with Crippen LogP contribution in [-0.4, -0.2) is 16.1 Å². The zero-order valence-electron chi connectivity index (χ0n) is 18.1. The highest BCUT2D eigenvalue weighted by molar-refractivity contribution is 5.95. The molecule has 2 aromatic carbocycles. The lowest BCUT2D eigenvalue weighted by Gasteiger charge is -2.20. The minimum Gasteiger partial charge on any atom is -0.478 e. The number of aromatic carboxylic acids is 1. The average molecular weight is 450 g/mol. The molecule has 0 aliphatic rings. The fraction of sp³-hybridized carbons (Fsp3) is 0.160. The topological polar surface area (TPSA) is 92.4 Å². The minimum absolute atomic E-state index is 0.0945. The monoisotopic (exact) mass is 450 g/mol. The van der Waals surface area contributed by atoms with E-state index in [-0.39, 0.29) is 11.1 Å². The van der Waals surface area contributed by atoms with E-state index in [1.807, 2.05) is 6.92 Å². The van der Waals surface area contributed by atoms with Gasteiger partial charge in [-0.2, -0.15) is 0 Å². The first kappa shape index (κ1) is 22.1. The molecule has 2 heterocycles. The van der Waals surface area contributed by atoms with Gasteiger partial charge in [0.25, 0.3) is 0 Å². The van der Waals surface area contributed by atoms with Crippen LogP contribution in [0, 0.1) is 25.5 Å². The quantitative estimate of drug-likeness (QED) is 0.410. The van der Waals surface area contributed by atoms with E-state index in [1.54, 1.807) is 50.4 Å². The Morgan fingerprint density at radius 2 is 1.91 bits per heavy atom. The van der Waals surface area contributed by atoms with Crippen molar-refractivity contribution in [3.05, 3.63) is 92.8 Å². The van der Waals surface area contributed by atoms with Gasteiger partial charge in [-0.15, -0.1) is 0 Å². The maximum atomic E-state index is 14.2. The Kier molecular flexibility index (Phi) is 5.68. The Morgan fingerprint density at radius 1 is 1.15 bits per heavy atom. The van der Waals surface area contributed by atoms with Gasteiger partial charge < -0.3 is 14.8 Å². The highest BCUT2D eigenvalue weighted by atomic mass is 19.2. The van der Waals surface area contributed by atoms with Crippen LogP contribution in [0.4, 0.5) is 14.5 Å². The number of halogens is 2. The molecule has 0 spiro atoms. The number of pyridine rings is 1. The van der Waals surface area contributed by atoms with Crippen molar-refractivity contribution in [2.75, 3.05) is 5.32 Å². The summed E-state index contributed by atoms with van der Waals surface area (Å²) in [5, 5.41) is 12.7. The van der Waals surface area contributed by atoms with Crippen LogP contribution in [0.5, 0.6) is 0 Å². The molecule has 0 fully saturated rings. The lowest BCUT2D eigenvalue weighted by molar-refractivity contribution is 0.0691. The van der Waals surface area contributed by atoms with E-state index in [0.29, 0.717) is 33.6 Å². The molecule has 0 aliphatic carbocycles. The van der Waals surface area contributed by atoms with Gasteiger partial charge in [-0.25, -0.2) is 13.6 Å². The number of aryl methyl sites for hydroxylation is 1. The van der Waals surface area contributed by atoms with E-state index in [4.69, 9.17) is 4.42 Å². The molecule has 2 aromatic heterocycles. The Balaban J connectivity index is 1.90. The SMILES string of the molecule is Cc1cc(C(C)Nc2ccc(F)c(F)c2C(=O)O)c2oc(-c3ccccn3)c(C)c(=O)c2c1. The molecule has 0 saturated heterocycles. The summed E-state index contributed by atoms with van der Waals surface area (Å²) in [6, 6.07) is 10.2. The molecular weight excluding hydrogens is 430 g/mol. The first-order chi connectivity index (χ1) is 15.7. The third-order valence-electron chi connectivity index (χ3n) is 5.44. The van der Waals surface area contributed by atoms with Gasteiger partial charge in [0.05, 0.1) is 17.1 Å². The number of carboxylic acid groups (broad SMARTS) is 1. The van der Waals surface area contributed by atoms with Crippen LogP contribution in [0.25, 0.3) is 22.4 Å². The van der Waals surface area contributed by atoms with Crippen molar-refractivity contribution in [2.24, 2.45) is 0 Å². The summed E-state index contributed by atoms with van der Waals surface area (Å²) in [6.45, 7) is 5.19. The number of anilines is 1. The van der Waals surface area contributed by atoms with Gasteiger partial charge >= 0.3 is 5.97 Å². The minimum atomic E-state index is -1.60. The Morgan fingerprint density at radius 3 is 2.58 bits per heavy atom. The summed E-state index contributed by atoms with van der Waals surface area (Å²) >= 11 is 0. The van der Waals surface area contributed by atoms with E-state index in [0.717, 1.165) is 17.7 Å². The molecule has 0 radical (unpaired) electrons. The van der Waals surface area contributed by atoms with E-state index in [2.05, 4.69) is 10.3 Å². The fourth-order valence-corrected chi connectivity index (χ4v) is 3.82. The van der Waals surface area contributed by atoms with Gasteiger partial charge in [0.1, 0.15) is 16.8 Å². The van der Waals surface area contributed by atoms with Crippen molar-refractivity contribution in [3.8, 4) is 11.5 Å². The molecule has 1 atom stereocenters. The Labute approximate surface area is 187 Å². The number of nitrogens with one attached hydrogen (secondary N) is 1. The third-order valence-corrected chi connectivity index (χ3v) is 5.44. The summed E-state index contributed by atoms with van der Waals surface area (Å²) in [6.07, 6.45) is 1.59. The number of hydrogen-bond acceptors (Lipinski definition) is 5. The molecule has 33 heavy (non-hydrogen) atoms. The number of carboxylic acids is 1. The highest BCUT2D eigenvalue weighted by Crippen LogP contribution is 2.32. The molecule has 6 nitrogen and oxygen atoms in total. The molecule has 0 amide bonds. The first-order valence-corrected chi connectivity index (χ1v) is 10.2. The number of hydrogen-bond donors (Lipinski definition) is 2. The molecule has 0 saturated carbocycles. The molecular formula is C25H20F2N2O4. The molecule has 0 aliphatic heterocycles. The Bertz CT molecular complexity index is 1450. The smallest absolute Gasteiger partial charge is 0.340 e. The van der Waals surface area contributed by atoms with Crippen LogP contribution in [0.2, 0.25) is 0 Å². The number of rotatable bonds is 5.